The zero-order valence-corrected chi connectivity index (χ0v) is 11.5. The Morgan fingerprint density at radius 1 is 1.15 bits per heavy atom. The van der Waals surface area contributed by atoms with Gasteiger partial charge in [0, 0.05) is 17.0 Å². The molecule has 0 fully saturated rings. The van der Waals surface area contributed by atoms with Gasteiger partial charge in [-0.1, -0.05) is 42.1 Å². The van der Waals surface area contributed by atoms with Crippen molar-refractivity contribution in [2.75, 3.05) is 11.5 Å². The number of hydrogen-bond acceptors (Lipinski definition) is 5. The van der Waals surface area contributed by atoms with Gasteiger partial charge in [0.05, 0.1) is 6.10 Å². The molecule has 0 bridgehead atoms. The van der Waals surface area contributed by atoms with Crippen molar-refractivity contribution in [3.8, 4) is 0 Å². The van der Waals surface area contributed by atoms with Crippen molar-refractivity contribution in [3.63, 3.8) is 0 Å². The maximum atomic E-state index is 10.2. The van der Waals surface area contributed by atoms with Crippen molar-refractivity contribution in [1.82, 2.24) is 4.98 Å². The number of hydrogen-bond donors (Lipinski definition) is 2. The maximum Gasteiger partial charge on any atom is 0.256 e. The van der Waals surface area contributed by atoms with E-state index in [-0.39, 0.29) is 0 Å². The Hall–Kier alpha value is -1.98. The number of nitrogen functional groups attached to an aromatic ring is 1. The lowest BCUT2D eigenvalue weighted by molar-refractivity contribution is 0.204. The fourth-order valence-corrected chi connectivity index (χ4v) is 2.76. The number of fused-ring (bicyclic) bond motifs is 1. The lowest BCUT2D eigenvalue weighted by Gasteiger charge is -2.11. The molecule has 20 heavy (non-hydrogen) atoms. The van der Waals surface area contributed by atoms with E-state index in [4.69, 9.17) is 10.2 Å². The second kappa shape index (κ2) is 5.56. The summed E-state index contributed by atoms with van der Waals surface area (Å²) in [5, 5.41) is 10.7. The molecule has 3 aromatic rings. The largest absolute Gasteiger partial charge is 0.431 e. The number of oxazole rings is 1. The summed E-state index contributed by atoms with van der Waals surface area (Å²) in [6, 6.07) is 14.9. The minimum Gasteiger partial charge on any atom is -0.431 e. The summed E-state index contributed by atoms with van der Waals surface area (Å²) in [4.78, 5) is 4.35. The van der Waals surface area contributed by atoms with Crippen molar-refractivity contribution in [3.05, 3.63) is 54.1 Å². The van der Waals surface area contributed by atoms with Gasteiger partial charge in [-0.05, 0) is 18.2 Å². The molecule has 0 aliphatic carbocycles. The van der Waals surface area contributed by atoms with Gasteiger partial charge in [0.25, 0.3) is 5.22 Å². The summed E-state index contributed by atoms with van der Waals surface area (Å²) in [6.45, 7) is 0. The molecule has 0 amide bonds. The predicted octanol–water partition coefficient (Wildman–Crippen LogP) is 3.24. The van der Waals surface area contributed by atoms with E-state index in [9.17, 15) is 5.11 Å². The van der Waals surface area contributed by atoms with Gasteiger partial charge in [-0.15, -0.1) is 0 Å². The quantitative estimate of drug-likeness (QED) is 0.569. The van der Waals surface area contributed by atoms with Crippen LogP contribution in [-0.4, -0.2) is 15.8 Å². The van der Waals surface area contributed by atoms with Crippen LogP contribution in [0.2, 0.25) is 0 Å². The molecule has 3 N–H and O–H groups in total. The van der Waals surface area contributed by atoms with Crippen molar-refractivity contribution in [1.29, 1.82) is 0 Å². The minimum atomic E-state index is -0.642. The number of nitrogens with two attached hydrogens (primary N) is 1. The molecular formula is C15H14N2O2S. The summed E-state index contributed by atoms with van der Waals surface area (Å²) in [5.74, 6) is 0.445. The highest BCUT2D eigenvalue weighted by molar-refractivity contribution is 7.99. The number of para-hydroxylation sites is 3. The van der Waals surface area contributed by atoms with Gasteiger partial charge in [-0.2, -0.15) is 0 Å². The smallest absolute Gasteiger partial charge is 0.256 e. The van der Waals surface area contributed by atoms with E-state index in [2.05, 4.69) is 4.98 Å². The van der Waals surface area contributed by atoms with Crippen LogP contribution in [0.4, 0.5) is 5.69 Å². The highest BCUT2D eigenvalue weighted by Gasteiger charge is 2.13. The third-order valence-electron chi connectivity index (χ3n) is 2.99. The monoisotopic (exact) mass is 286 g/mol. The first kappa shape index (κ1) is 13.0. The van der Waals surface area contributed by atoms with Crippen LogP contribution in [-0.2, 0) is 0 Å². The number of benzene rings is 2. The maximum absolute atomic E-state index is 10.2. The van der Waals surface area contributed by atoms with E-state index < -0.39 is 6.10 Å². The molecule has 1 atom stereocenters. The van der Waals surface area contributed by atoms with Crippen molar-refractivity contribution >= 4 is 28.5 Å². The zero-order valence-electron chi connectivity index (χ0n) is 10.7. The summed E-state index contributed by atoms with van der Waals surface area (Å²) < 4.78 is 5.59. The molecule has 0 aliphatic heterocycles. The molecule has 1 aromatic heterocycles. The first-order valence-corrected chi connectivity index (χ1v) is 7.23. The van der Waals surface area contributed by atoms with Gasteiger partial charge in [0.15, 0.2) is 5.58 Å². The number of aromatic nitrogens is 1. The van der Waals surface area contributed by atoms with Crippen LogP contribution in [0.25, 0.3) is 11.1 Å². The lowest BCUT2D eigenvalue weighted by atomic mass is 10.1. The Labute approximate surface area is 120 Å². The zero-order chi connectivity index (χ0) is 13.9. The first-order valence-electron chi connectivity index (χ1n) is 6.25. The minimum absolute atomic E-state index is 0.445. The van der Waals surface area contributed by atoms with Crippen molar-refractivity contribution < 1.29 is 9.52 Å². The van der Waals surface area contributed by atoms with E-state index in [1.54, 1.807) is 6.07 Å². The SMILES string of the molecule is Nc1ccccc1C(O)CSc1nc2ccccc2o1. The van der Waals surface area contributed by atoms with Crippen molar-refractivity contribution in [2.45, 2.75) is 11.3 Å². The number of aliphatic hydroxyl groups excluding tert-OH is 1. The molecular weight excluding hydrogens is 272 g/mol. The van der Waals surface area contributed by atoms with Crippen molar-refractivity contribution in [2.24, 2.45) is 0 Å². The van der Waals surface area contributed by atoms with E-state index >= 15 is 0 Å². The van der Waals surface area contributed by atoms with Gasteiger partial charge in [-0.25, -0.2) is 4.98 Å². The third-order valence-corrected chi connectivity index (χ3v) is 3.90. The third kappa shape index (κ3) is 2.64. The molecule has 3 rings (SSSR count). The highest BCUT2D eigenvalue weighted by atomic mass is 32.2. The Morgan fingerprint density at radius 3 is 2.70 bits per heavy atom. The number of nitrogens with zero attached hydrogens (tertiary/aromatic N) is 1. The molecule has 1 unspecified atom stereocenters. The number of thioether (sulfide) groups is 1. The molecule has 102 valence electrons. The second-order valence-corrected chi connectivity index (χ2v) is 5.37. The normalized spacial score (nSPS) is 12.7. The summed E-state index contributed by atoms with van der Waals surface area (Å²) in [7, 11) is 0. The van der Waals surface area contributed by atoms with Gasteiger partial charge in [-0.3, -0.25) is 0 Å². The van der Waals surface area contributed by atoms with Crippen LogP contribution in [0.3, 0.4) is 0 Å². The first-order chi connectivity index (χ1) is 9.74. The van der Waals surface area contributed by atoms with Crippen LogP contribution in [0.15, 0.2) is 58.2 Å². The molecule has 0 aliphatic rings. The Kier molecular flexibility index (Phi) is 3.62. The molecule has 0 radical (unpaired) electrons. The fourth-order valence-electron chi connectivity index (χ4n) is 1.97. The van der Waals surface area contributed by atoms with Crippen LogP contribution in [0.1, 0.15) is 11.7 Å². The van der Waals surface area contributed by atoms with E-state index in [1.165, 1.54) is 11.8 Å². The van der Waals surface area contributed by atoms with Gasteiger partial charge in [0.2, 0.25) is 0 Å². The predicted molar refractivity (Wildman–Crippen MR) is 80.5 cm³/mol. The molecule has 5 heteroatoms. The molecule has 4 nitrogen and oxygen atoms in total. The Morgan fingerprint density at radius 2 is 1.90 bits per heavy atom. The molecule has 0 saturated carbocycles. The summed E-state index contributed by atoms with van der Waals surface area (Å²) in [6.07, 6.45) is -0.642. The fraction of sp³-hybridized carbons (Fsp3) is 0.133. The Balaban J connectivity index is 1.71. The Bertz CT molecular complexity index is 693. The average Bonchev–Trinajstić information content (AvgIpc) is 2.88. The average molecular weight is 286 g/mol. The van der Waals surface area contributed by atoms with E-state index in [0.29, 0.717) is 16.7 Å². The van der Waals surface area contributed by atoms with E-state index in [0.717, 1.165) is 16.7 Å². The second-order valence-electron chi connectivity index (χ2n) is 4.40. The van der Waals surface area contributed by atoms with Gasteiger partial charge in [0.1, 0.15) is 5.52 Å². The van der Waals surface area contributed by atoms with Gasteiger partial charge < -0.3 is 15.3 Å². The highest BCUT2D eigenvalue weighted by Crippen LogP contribution is 2.29. The number of rotatable bonds is 4. The standard InChI is InChI=1S/C15H14N2O2S/c16-11-6-2-1-5-10(11)13(18)9-20-15-17-12-7-3-4-8-14(12)19-15/h1-8,13,18H,9,16H2. The summed E-state index contributed by atoms with van der Waals surface area (Å²) >= 11 is 1.37. The van der Waals surface area contributed by atoms with E-state index in [1.807, 2.05) is 42.5 Å². The molecule has 0 spiro atoms. The number of aliphatic hydroxyl groups is 1. The molecule has 0 saturated heterocycles. The molecule has 1 heterocycles. The van der Waals surface area contributed by atoms with Crippen LogP contribution in [0.5, 0.6) is 0 Å². The van der Waals surface area contributed by atoms with Crippen LogP contribution >= 0.6 is 11.8 Å². The number of anilines is 1. The lowest BCUT2D eigenvalue weighted by Crippen LogP contribution is -2.04. The topological polar surface area (TPSA) is 72.3 Å². The van der Waals surface area contributed by atoms with Crippen LogP contribution < -0.4 is 5.73 Å². The van der Waals surface area contributed by atoms with Crippen LogP contribution in [0, 0.1) is 0 Å². The van der Waals surface area contributed by atoms with Gasteiger partial charge >= 0.3 is 0 Å². The summed E-state index contributed by atoms with van der Waals surface area (Å²) in [5.41, 5.74) is 8.75. The molecule has 2 aromatic carbocycles.